The Morgan fingerprint density at radius 2 is 2.08 bits per heavy atom. The Labute approximate surface area is 80.2 Å². The lowest BCUT2D eigenvalue weighted by atomic mass is 9.89. The molecule has 0 fully saturated rings. The van der Waals surface area contributed by atoms with Crippen LogP contribution in [0.4, 0.5) is 0 Å². The van der Waals surface area contributed by atoms with E-state index in [0.29, 0.717) is 6.04 Å². The van der Waals surface area contributed by atoms with E-state index in [1.165, 1.54) is 28.7 Å². The summed E-state index contributed by atoms with van der Waals surface area (Å²) in [5.74, 6) is 0. The second kappa shape index (κ2) is 3.15. The van der Waals surface area contributed by atoms with Gasteiger partial charge < -0.3 is 5.32 Å². The lowest BCUT2D eigenvalue weighted by molar-refractivity contribution is 0.537. The highest BCUT2D eigenvalue weighted by atomic mass is 14.9. The van der Waals surface area contributed by atoms with Crippen molar-refractivity contribution in [1.29, 1.82) is 0 Å². The zero-order valence-electron chi connectivity index (χ0n) is 8.65. The molecule has 0 amide bonds. The molecule has 1 heterocycles. The highest BCUT2D eigenvalue weighted by molar-refractivity contribution is 5.42. The number of aryl methyl sites for hydroxylation is 1. The molecule has 1 aromatic carbocycles. The van der Waals surface area contributed by atoms with E-state index in [2.05, 4.69) is 38.2 Å². The van der Waals surface area contributed by atoms with Crippen LogP contribution in [0.5, 0.6) is 0 Å². The Morgan fingerprint density at radius 1 is 1.31 bits per heavy atom. The molecule has 1 unspecified atom stereocenters. The number of benzene rings is 1. The minimum Gasteiger partial charge on any atom is -0.310 e. The van der Waals surface area contributed by atoms with E-state index >= 15 is 0 Å². The molecular formula is C12H17N. The Hall–Kier alpha value is -0.820. The summed E-state index contributed by atoms with van der Waals surface area (Å²) in [5, 5.41) is 3.51. The molecule has 2 rings (SSSR count). The van der Waals surface area contributed by atoms with Crippen LogP contribution < -0.4 is 5.32 Å². The molecule has 1 aromatic rings. The highest BCUT2D eigenvalue weighted by Crippen LogP contribution is 2.27. The van der Waals surface area contributed by atoms with Crippen molar-refractivity contribution in [2.45, 2.75) is 33.2 Å². The summed E-state index contributed by atoms with van der Waals surface area (Å²) in [5.41, 5.74) is 5.95. The van der Waals surface area contributed by atoms with Gasteiger partial charge in [-0.05, 0) is 56.0 Å². The fraction of sp³-hybridized carbons (Fsp3) is 0.500. The Morgan fingerprint density at radius 3 is 2.85 bits per heavy atom. The third-order valence-corrected chi connectivity index (χ3v) is 3.15. The molecule has 0 radical (unpaired) electrons. The van der Waals surface area contributed by atoms with Crippen molar-refractivity contribution in [1.82, 2.24) is 5.32 Å². The van der Waals surface area contributed by atoms with Crippen molar-refractivity contribution in [3.05, 3.63) is 34.4 Å². The topological polar surface area (TPSA) is 12.0 Å². The molecule has 70 valence electrons. The monoisotopic (exact) mass is 175 g/mol. The molecule has 0 saturated carbocycles. The van der Waals surface area contributed by atoms with E-state index in [1.54, 1.807) is 0 Å². The van der Waals surface area contributed by atoms with E-state index in [-0.39, 0.29) is 0 Å². The van der Waals surface area contributed by atoms with E-state index in [4.69, 9.17) is 0 Å². The number of nitrogens with one attached hydrogen (secondary N) is 1. The number of hydrogen-bond donors (Lipinski definition) is 1. The average molecular weight is 175 g/mol. The maximum absolute atomic E-state index is 3.51. The van der Waals surface area contributed by atoms with Crippen LogP contribution in [0.3, 0.4) is 0 Å². The summed E-state index contributed by atoms with van der Waals surface area (Å²) in [4.78, 5) is 0. The molecule has 0 spiro atoms. The van der Waals surface area contributed by atoms with Crippen molar-refractivity contribution in [3.63, 3.8) is 0 Å². The Bertz CT molecular complexity index is 328. The first-order valence-corrected chi connectivity index (χ1v) is 5.02. The maximum Gasteiger partial charge on any atom is 0.0297 e. The molecule has 1 heteroatoms. The lowest BCUT2D eigenvalue weighted by Crippen LogP contribution is -2.28. The predicted molar refractivity (Wildman–Crippen MR) is 56.0 cm³/mol. The van der Waals surface area contributed by atoms with E-state index in [0.717, 1.165) is 6.54 Å². The second-order valence-corrected chi connectivity index (χ2v) is 4.01. The third-order valence-electron chi connectivity index (χ3n) is 3.15. The van der Waals surface area contributed by atoms with Gasteiger partial charge in [-0.1, -0.05) is 12.1 Å². The molecule has 1 atom stereocenters. The summed E-state index contributed by atoms with van der Waals surface area (Å²) in [7, 11) is 0. The Kier molecular flexibility index (Phi) is 2.12. The van der Waals surface area contributed by atoms with Crippen LogP contribution in [0, 0.1) is 13.8 Å². The van der Waals surface area contributed by atoms with Crippen LogP contribution in [0.15, 0.2) is 12.1 Å². The molecule has 0 bridgehead atoms. The van der Waals surface area contributed by atoms with Gasteiger partial charge in [-0.3, -0.25) is 0 Å². The molecule has 1 N–H and O–H groups in total. The zero-order valence-corrected chi connectivity index (χ0v) is 8.65. The fourth-order valence-corrected chi connectivity index (χ4v) is 2.24. The molecular weight excluding hydrogens is 158 g/mol. The summed E-state index contributed by atoms with van der Waals surface area (Å²) in [6.07, 6.45) is 1.18. The van der Waals surface area contributed by atoms with E-state index in [1.807, 2.05) is 0 Å². The second-order valence-electron chi connectivity index (χ2n) is 4.01. The average Bonchev–Trinajstić information content (AvgIpc) is 2.12. The quantitative estimate of drug-likeness (QED) is 0.639. The summed E-state index contributed by atoms with van der Waals surface area (Å²) in [6, 6.07) is 5.06. The maximum atomic E-state index is 3.51. The SMILES string of the molecule is Cc1ccc2c(c1C)C(C)NCC2. The van der Waals surface area contributed by atoms with Crippen LogP contribution in [-0.2, 0) is 6.42 Å². The largest absolute Gasteiger partial charge is 0.310 e. The fourth-order valence-electron chi connectivity index (χ4n) is 2.24. The zero-order chi connectivity index (χ0) is 9.42. The van der Waals surface area contributed by atoms with Crippen LogP contribution >= 0.6 is 0 Å². The summed E-state index contributed by atoms with van der Waals surface area (Å²) in [6.45, 7) is 7.80. The first-order chi connectivity index (χ1) is 6.20. The van der Waals surface area contributed by atoms with Gasteiger partial charge in [0.05, 0.1) is 0 Å². The van der Waals surface area contributed by atoms with Gasteiger partial charge in [-0.25, -0.2) is 0 Å². The van der Waals surface area contributed by atoms with Gasteiger partial charge in [0.2, 0.25) is 0 Å². The number of fused-ring (bicyclic) bond motifs is 1. The van der Waals surface area contributed by atoms with Gasteiger partial charge in [-0.15, -0.1) is 0 Å². The van der Waals surface area contributed by atoms with Crippen molar-refractivity contribution in [3.8, 4) is 0 Å². The first kappa shape index (κ1) is 8.76. The molecule has 13 heavy (non-hydrogen) atoms. The number of rotatable bonds is 0. The van der Waals surface area contributed by atoms with Crippen molar-refractivity contribution in [2.75, 3.05) is 6.54 Å². The van der Waals surface area contributed by atoms with Crippen LogP contribution in [0.1, 0.15) is 35.2 Å². The van der Waals surface area contributed by atoms with Gasteiger partial charge >= 0.3 is 0 Å². The van der Waals surface area contributed by atoms with Gasteiger partial charge in [0, 0.05) is 6.04 Å². The van der Waals surface area contributed by atoms with Gasteiger partial charge in [0.15, 0.2) is 0 Å². The lowest BCUT2D eigenvalue weighted by Gasteiger charge is -2.26. The van der Waals surface area contributed by atoms with Crippen molar-refractivity contribution < 1.29 is 0 Å². The number of hydrogen-bond acceptors (Lipinski definition) is 1. The van der Waals surface area contributed by atoms with Gasteiger partial charge in [0.1, 0.15) is 0 Å². The molecule has 0 aromatic heterocycles. The van der Waals surface area contributed by atoms with Crippen molar-refractivity contribution >= 4 is 0 Å². The summed E-state index contributed by atoms with van der Waals surface area (Å²) >= 11 is 0. The van der Waals surface area contributed by atoms with Crippen LogP contribution in [0.25, 0.3) is 0 Å². The molecule has 0 aliphatic carbocycles. The predicted octanol–water partition coefficient (Wildman–Crippen LogP) is 2.51. The van der Waals surface area contributed by atoms with E-state index in [9.17, 15) is 0 Å². The first-order valence-electron chi connectivity index (χ1n) is 5.02. The minimum absolute atomic E-state index is 0.531. The van der Waals surface area contributed by atoms with Crippen LogP contribution in [0.2, 0.25) is 0 Å². The third kappa shape index (κ3) is 1.37. The molecule has 1 aliphatic heterocycles. The summed E-state index contributed by atoms with van der Waals surface area (Å²) < 4.78 is 0. The molecule has 1 aliphatic rings. The van der Waals surface area contributed by atoms with Gasteiger partial charge in [0.25, 0.3) is 0 Å². The van der Waals surface area contributed by atoms with E-state index < -0.39 is 0 Å². The van der Waals surface area contributed by atoms with Crippen molar-refractivity contribution in [2.24, 2.45) is 0 Å². The smallest absolute Gasteiger partial charge is 0.0297 e. The van der Waals surface area contributed by atoms with Gasteiger partial charge in [-0.2, -0.15) is 0 Å². The molecule has 1 nitrogen and oxygen atoms in total. The molecule has 0 saturated heterocycles. The minimum atomic E-state index is 0.531. The van der Waals surface area contributed by atoms with Crippen LogP contribution in [-0.4, -0.2) is 6.54 Å². The highest BCUT2D eigenvalue weighted by Gasteiger charge is 2.17. The normalized spacial score (nSPS) is 21.3. The Balaban J connectivity index is 2.58. The standard InChI is InChI=1S/C12H17N/c1-8-4-5-11-6-7-13-10(3)12(11)9(8)2/h4-5,10,13H,6-7H2,1-3H3.